The van der Waals surface area contributed by atoms with E-state index in [-0.39, 0.29) is 11.7 Å². The number of amides is 1. The molecule has 3 fully saturated rings. The van der Waals surface area contributed by atoms with E-state index < -0.39 is 0 Å². The predicted octanol–water partition coefficient (Wildman–Crippen LogP) is 2.46. The fourth-order valence-corrected chi connectivity index (χ4v) is 3.29. The highest BCUT2D eigenvalue weighted by Crippen LogP contribution is 2.46. The highest BCUT2D eigenvalue weighted by atomic mass is 16.5. The number of ether oxygens (including phenoxy) is 1. The first-order valence-corrected chi connectivity index (χ1v) is 7.95. The molecule has 1 spiro atoms. The second-order valence-corrected chi connectivity index (χ2v) is 6.63. The van der Waals surface area contributed by atoms with Gasteiger partial charge in [-0.1, -0.05) is 25.0 Å². The van der Waals surface area contributed by atoms with Crippen LogP contribution >= 0.6 is 0 Å². The van der Waals surface area contributed by atoms with Crippen LogP contribution in [0.5, 0.6) is 5.75 Å². The van der Waals surface area contributed by atoms with Gasteiger partial charge in [-0.05, 0) is 42.9 Å². The van der Waals surface area contributed by atoms with Crippen molar-refractivity contribution < 1.29 is 9.53 Å². The molecule has 1 heterocycles. The Morgan fingerprint density at radius 3 is 2.57 bits per heavy atom. The lowest BCUT2D eigenvalue weighted by molar-refractivity contribution is -0.131. The van der Waals surface area contributed by atoms with Gasteiger partial charge in [-0.2, -0.15) is 0 Å². The lowest BCUT2D eigenvalue weighted by atomic mass is 10.1. The average Bonchev–Trinajstić information content (AvgIpc) is 3.41. The second-order valence-electron chi connectivity index (χ2n) is 6.63. The van der Waals surface area contributed by atoms with Gasteiger partial charge in [-0.3, -0.25) is 10.1 Å². The Hall–Kier alpha value is -1.55. The van der Waals surface area contributed by atoms with Crippen LogP contribution in [0.15, 0.2) is 24.3 Å². The third-order valence-electron chi connectivity index (χ3n) is 5.05. The molecule has 1 aromatic carbocycles. The summed E-state index contributed by atoms with van der Waals surface area (Å²) in [6, 6.07) is 8.07. The van der Waals surface area contributed by atoms with Crippen molar-refractivity contribution in [3.05, 3.63) is 29.8 Å². The van der Waals surface area contributed by atoms with Crippen molar-refractivity contribution in [2.24, 2.45) is 5.92 Å². The van der Waals surface area contributed by atoms with Crippen LogP contribution in [0.2, 0.25) is 0 Å². The molecule has 2 saturated carbocycles. The van der Waals surface area contributed by atoms with Crippen molar-refractivity contribution in [3.8, 4) is 5.75 Å². The number of hydrogen-bond acceptors (Lipinski definition) is 3. The van der Waals surface area contributed by atoms with E-state index in [0.29, 0.717) is 5.91 Å². The summed E-state index contributed by atoms with van der Waals surface area (Å²) in [5.74, 6) is 2.02. The molecular formula is C17H22N2O2. The topological polar surface area (TPSA) is 41.6 Å². The lowest BCUT2D eigenvalue weighted by Gasteiger charge is -2.24. The molecule has 1 atom stereocenters. The maximum atomic E-state index is 12.7. The van der Waals surface area contributed by atoms with Crippen molar-refractivity contribution in [2.75, 3.05) is 13.7 Å². The van der Waals surface area contributed by atoms with E-state index in [9.17, 15) is 4.79 Å². The van der Waals surface area contributed by atoms with Crippen LogP contribution in [0.3, 0.4) is 0 Å². The second kappa shape index (κ2) is 4.73. The number of hydrogen-bond donors (Lipinski definition) is 1. The maximum absolute atomic E-state index is 12.7. The van der Waals surface area contributed by atoms with Crippen LogP contribution in [0.4, 0.5) is 0 Å². The maximum Gasteiger partial charge on any atom is 0.244 e. The molecule has 21 heavy (non-hydrogen) atoms. The zero-order chi connectivity index (χ0) is 14.4. The van der Waals surface area contributed by atoms with E-state index in [4.69, 9.17) is 4.74 Å². The van der Waals surface area contributed by atoms with Crippen LogP contribution in [-0.4, -0.2) is 30.0 Å². The Kier molecular flexibility index (Phi) is 2.96. The van der Waals surface area contributed by atoms with Crippen molar-refractivity contribution in [3.63, 3.8) is 0 Å². The van der Waals surface area contributed by atoms with Crippen molar-refractivity contribution >= 4 is 5.91 Å². The molecule has 4 rings (SSSR count). The smallest absolute Gasteiger partial charge is 0.244 e. The molecule has 1 saturated heterocycles. The fraction of sp³-hybridized carbons (Fsp3) is 0.588. The van der Waals surface area contributed by atoms with E-state index in [1.165, 1.54) is 12.8 Å². The van der Waals surface area contributed by atoms with Crippen LogP contribution < -0.4 is 10.1 Å². The van der Waals surface area contributed by atoms with Gasteiger partial charge in [0.2, 0.25) is 5.91 Å². The standard InChI is InChI=1S/C17H22N2O2/c1-21-14-6-4-13(5-7-14)15-18-17(9-10-17)16(20)19(15)11-8-12-2-3-12/h4-7,12,15,18H,2-3,8-11H2,1H3. The molecule has 3 aliphatic rings. The van der Waals surface area contributed by atoms with Gasteiger partial charge in [0, 0.05) is 6.54 Å². The normalized spacial score (nSPS) is 26.4. The zero-order valence-corrected chi connectivity index (χ0v) is 12.5. The van der Waals surface area contributed by atoms with E-state index in [1.54, 1.807) is 7.11 Å². The molecule has 0 bridgehead atoms. The van der Waals surface area contributed by atoms with E-state index in [0.717, 1.165) is 43.0 Å². The summed E-state index contributed by atoms with van der Waals surface area (Å²) in [5, 5.41) is 3.57. The number of rotatable bonds is 5. The molecule has 1 aromatic rings. The van der Waals surface area contributed by atoms with Gasteiger partial charge >= 0.3 is 0 Å². The highest BCUT2D eigenvalue weighted by Gasteiger charge is 2.59. The molecular weight excluding hydrogens is 264 g/mol. The Morgan fingerprint density at radius 1 is 1.29 bits per heavy atom. The Labute approximate surface area is 125 Å². The molecule has 0 radical (unpaired) electrons. The summed E-state index contributed by atoms with van der Waals surface area (Å²) in [5.41, 5.74) is 0.914. The first kappa shape index (κ1) is 13.1. The Balaban J connectivity index is 1.56. The first-order chi connectivity index (χ1) is 10.2. The number of methoxy groups -OCH3 is 1. The van der Waals surface area contributed by atoms with Crippen molar-refractivity contribution in [1.82, 2.24) is 10.2 Å². The largest absolute Gasteiger partial charge is 0.497 e. The van der Waals surface area contributed by atoms with E-state index >= 15 is 0 Å². The van der Waals surface area contributed by atoms with E-state index in [1.807, 2.05) is 12.1 Å². The van der Waals surface area contributed by atoms with Crippen LogP contribution in [0.25, 0.3) is 0 Å². The number of carbonyl (C=O) groups excluding carboxylic acids is 1. The molecule has 1 unspecified atom stereocenters. The summed E-state index contributed by atoms with van der Waals surface area (Å²) in [6.45, 7) is 0.884. The van der Waals surface area contributed by atoms with Crippen molar-refractivity contribution in [2.45, 2.75) is 43.8 Å². The minimum absolute atomic E-state index is 0.0321. The van der Waals surface area contributed by atoms with Crippen LogP contribution in [0.1, 0.15) is 43.8 Å². The van der Waals surface area contributed by atoms with Gasteiger partial charge < -0.3 is 9.64 Å². The van der Waals surface area contributed by atoms with Gasteiger partial charge in [-0.15, -0.1) is 0 Å². The summed E-state index contributed by atoms with van der Waals surface area (Å²) < 4.78 is 5.22. The molecule has 1 amide bonds. The third-order valence-corrected chi connectivity index (χ3v) is 5.05. The monoisotopic (exact) mass is 286 g/mol. The summed E-state index contributed by atoms with van der Waals surface area (Å²) in [7, 11) is 1.67. The van der Waals surface area contributed by atoms with Crippen molar-refractivity contribution in [1.29, 1.82) is 0 Å². The highest BCUT2D eigenvalue weighted by molar-refractivity contribution is 5.92. The van der Waals surface area contributed by atoms with Crippen LogP contribution in [0, 0.1) is 5.92 Å². The SMILES string of the molecule is COc1ccc(C2NC3(CC3)C(=O)N2CCC2CC2)cc1. The summed E-state index contributed by atoms with van der Waals surface area (Å²) in [6.07, 6.45) is 5.83. The number of nitrogens with zero attached hydrogens (tertiary/aromatic N) is 1. The average molecular weight is 286 g/mol. The summed E-state index contributed by atoms with van der Waals surface area (Å²) in [4.78, 5) is 14.7. The number of carbonyl (C=O) groups is 1. The minimum Gasteiger partial charge on any atom is -0.497 e. The Morgan fingerprint density at radius 2 is 2.00 bits per heavy atom. The zero-order valence-electron chi connectivity index (χ0n) is 12.5. The lowest BCUT2D eigenvalue weighted by Crippen LogP contribution is -2.33. The number of benzene rings is 1. The Bertz CT molecular complexity index is 546. The molecule has 1 N–H and O–H groups in total. The van der Waals surface area contributed by atoms with Gasteiger partial charge in [0.25, 0.3) is 0 Å². The quantitative estimate of drug-likeness (QED) is 0.904. The molecule has 1 aliphatic heterocycles. The molecule has 2 aliphatic carbocycles. The minimum atomic E-state index is -0.242. The van der Waals surface area contributed by atoms with E-state index in [2.05, 4.69) is 22.3 Å². The van der Waals surface area contributed by atoms with Gasteiger partial charge in [0.1, 0.15) is 17.5 Å². The molecule has 4 nitrogen and oxygen atoms in total. The summed E-state index contributed by atoms with van der Waals surface area (Å²) >= 11 is 0. The van der Waals surface area contributed by atoms with Crippen LogP contribution in [-0.2, 0) is 4.79 Å². The van der Waals surface area contributed by atoms with Gasteiger partial charge in [0.15, 0.2) is 0 Å². The number of nitrogens with one attached hydrogen (secondary N) is 1. The molecule has 0 aromatic heterocycles. The van der Waals surface area contributed by atoms with Gasteiger partial charge in [0.05, 0.1) is 7.11 Å². The van der Waals surface area contributed by atoms with Gasteiger partial charge in [-0.25, -0.2) is 0 Å². The molecule has 112 valence electrons. The first-order valence-electron chi connectivity index (χ1n) is 7.95. The third kappa shape index (κ3) is 2.31. The fourth-order valence-electron chi connectivity index (χ4n) is 3.29. The predicted molar refractivity (Wildman–Crippen MR) is 79.9 cm³/mol. The molecule has 4 heteroatoms.